The normalized spacial score (nSPS) is 11.6. The third-order valence-electron chi connectivity index (χ3n) is 2.33. The van der Waals surface area contributed by atoms with Crippen molar-refractivity contribution in [3.05, 3.63) is 39.9 Å². The number of hydrogen-bond donors (Lipinski definition) is 3. The summed E-state index contributed by atoms with van der Waals surface area (Å²) < 4.78 is 0. The first-order chi connectivity index (χ1) is 8.93. The molecule has 8 heteroatoms. The summed E-state index contributed by atoms with van der Waals surface area (Å²) in [4.78, 5) is 32.0. The van der Waals surface area contributed by atoms with Gasteiger partial charge in [0.15, 0.2) is 6.10 Å². The van der Waals surface area contributed by atoms with Crippen LogP contribution in [0.5, 0.6) is 0 Å². The number of nitrogens with one attached hydrogen (secondary N) is 1. The summed E-state index contributed by atoms with van der Waals surface area (Å²) in [5.74, 6) is -2.08. The molecule has 0 spiro atoms. The van der Waals surface area contributed by atoms with Gasteiger partial charge in [-0.2, -0.15) is 0 Å². The van der Waals surface area contributed by atoms with Gasteiger partial charge in [0, 0.05) is 19.0 Å². The molecule has 0 aliphatic carbocycles. The van der Waals surface area contributed by atoms with Gasteiger partial charge in [-0.1, -0.05) is 12.1 Å². The van der Waals surface area contributed by atoms with Crippen molar-refractivity contribution in [3.8, 4) is 0 Å². The summed E-state index contributed by atoms with van der Waals surface area (Å²) in [5, 5.41) is 30.4. The topological polar surface area (TPSA) is 130 Å². The minimum absolute atomic E-state index is 0.0989. The molecule has 0 saturated carbocycles. The van der Waals surface area contributed by atoms with Crippen LogP contribution in [0.15, 0.2) is 24.3 Å². The maximum atomic E-state index is 11.7. The van der Waals surface area contributed by atoms with Crippen molar-refractivity contribution in [2.75, 3.05) is 6.54 Å². The van der Waals surface area contributed by atoms with Gasteiger partial charge in [-0.25, -0.2) is 4.79 Å². The number of nitrogens with zero attached hydrogens (tertiary/aromatic N) is 1. The summed E-state index contributed by atoms with van der Waals surface area (Å²) in [7, 11) is 0. The molecule has 102 valence electrons. The summed E-state index contributed by atoms with van der Waals surface area (Å²) in [6, 6.07) is 5.40. The van der Waals surface area contributed by atoms with Crippen LogP contribution in [-0.4, -0.2) is 39.7 Å². The largest absolute Gasteiger partial charge is 0.479 e. The minimum atomic E-state index is -1.58. The van der Waals surface area contributed by atoms with Crippen LogP contribution in [0.4, 0.5) is 5.69 Å². The Bertz CT molecular complexity index is 502. The van der Waals surface area contributed by atoms with Gasteiger partial charge in [-0.3, -0.25) is 14.9 Å². The van der Waals surface area contributed by atoms with Crippen molar-refractivity contribution in [3.63, 3.8) is 0 Å². The number of hydrogen-bond acceptors (Lipinski definition) is 5. The number of aliphatic carboxylic acids is 1. The van der Waals surface area contributed by atoms with Crippen molar-refractivity contribution in [1.29, 1.82) is 0 Å². The smallest absolute Gasteiger partial charge is 0.332 e. The van der Waals surface area contributed by atoms with Crippen LogP contribution in [0.25, 0.3) is 0 Å². The maximum Gasteiger partial charge on any atom is 0.332 e. The number of para-hydroxylation sites is 1. The van der Waals surface area contributed by atoms with E-state index in [0.717, 1.165) is 0 Å². The van der Waals surface area contributed by atoms with Crippen LogP contribution in [0.1, 0.15) is 16.8 Å². The van der Waals surface area contributed by atoms with E-state index in [1.807, 2.05) is 0 Å². The number of aliphatic hydroxyl groups excluding tert-OH is 1. The Morgan fingerprint density at radius 1 is 1.37 bits per heavy atom. The first-order valence-electron chi connectivity index (χ1n) is 5.36. The van der Waals surface area contributed by atoms with Crippen molar-refractivity contribution in [1.82, 2.24) is 5.32 Å². The quantitative estimate of drug-likeness (QED) is 0.497. The number of carbonyl (C=O) groups is 2. The molecule has 1 rings (SSSR count). The highest BCUT2D eigenvalue weighted by Crippen LogP contribution is 2.17. The van der Waals surface area contributed by atoms with Gasteiger partial charge in [0.25, 0.3) is 11.6 Å². The molecule has 1 amide bonds. The number of rotatable bonds is 6. The molecule has 0 aromatic heterocycles. The number of aliphatic hydroxyl groups is 1. The Kier molecular flexibility index (Phi) is 4.95. The predicted molar refractivity (Wildman–Crippen MR) is 63.7 cm³/mol. The van der Waals surface area contributed by atoms with E-state index in [-0.39, 0.29) is 24.2 Å². The van der Waals surface area contributed by atoms with Gasteiger partial charge in [0.05, 0.1) is 4.92 Å². The molecule has 1 aromatic carbocycles. The summed E-state index contributed by atoms with van der Waals surface area (Å²) in [6.45, 7) is -0.0989. The molecule has 0 aliphatic rings. The molecule has 19 heavy (non-hydrogen) atoms. The van der Waals surface area contributed by atoms with Gasteiger partial charge in [-0.05, 0) is 6.07 Å². The summed E-state index contributed by atoms with van der Waals surface area (Å²) >= 11 is 0. The van der Waals surface area contributed by atoms with E-state index in [1.54, 1.807) is 0 Å². The van der Waals surface area contributed by atoms with Crippen LogP contribution in [0, 0.1) is 10.1 Å². The molecule has 0 saturated heterocycles. The molecule has 0 bridgehead atoms. The highest BCUT2D eigenvalue weighted by molar-refractivity contribution is 5.98. The van der Waals surface area contributed by atoms with E-state index in [1.165, 1.54) is 24.3 Å². The Morgan fingerprint density at radius 2 is 2.00 bits per heavy atom. The zero-order valence-electron chi connectivity index (χ0n) is 9.78. The SMILES string of the molecule is O=C(NCCC(O)C(=O)O)c1ccccc1[N+](=O)[O-]. The van der Waals surface area contributed by atoms with Gasteiger partial charge in [0.2, 0.25) is 0 Å². The fourth-order valence-corrected chi connectivity index (χ4v) is 1.37. The van der Waals surface area contributed by atoms with Crippen LogP contribution in [0.3, 0.4) is 0 Å². The van der Waals surface area contributed by atoms with Crippen molar-refractivity contribution < 1.29 is 24.7 Å². The lowest BCUT2D eigenvalue weighted by Crippen LogP contribution is -2.30. The molecule has 0 heterocycles. The predicted octanol–water partition coefficient (Wildman–Crippen LogP) is 0.160. The maximum absolute atomic E-state index is 11.7. The zero-order chi connectivity index (χ0) is 14.4. The average Bonchev–Trinajstić information content (AvgIpc) is 2.38. The third kappa shape index (κ3) is 4.03. The van der Waals surface area contributed by atoms with E-state index >= 15 is 0 Å². The lowest BCUT2D eigenvalue weighted by atomic mass is 10.1. The Labute approximate surface area is 107 Å². The fraction of sp³-hybridized carbons (Fsp3) is 0.273. The van der Waals surface area contributed by atoms with Gasteiger partial charge >= 0.3 is 5.97 Å². The van der Waals surface area contributed by atoms with E-state index in [4.69, 9.17) is 10.2 Å². The number of carbonyl (C=O) groups excluding carboxylic acids is 1. The highest BCUT2D eigenvalue weighted by atomic mass is 16.6. The Hall–Kier alpha value is -2.48. The molecular formula is C11H12N2O6. The standard InChI is InChI=1S/C11H12N2O6/c14-9(11(16)17)5-6-12-10(15)7-3-1-2-4-8(7)13(18)19/h1-4,9,14H,5-6H2,(H,12,15)(H,16,17). The van der Waals surface area contributed by atoms with Crippen LogP contribution in [-0.2, 0) is 4.79 Å². The van der Waals surface area contributed by atoms with Crippen molar-refractivity contribution in [2.24, 2.45) is 0 Å². The monoisotopic (exact) mass is 268 g/mol. The third-order valence-corrected chi connectivity index (χ3v) is 2.33. The van der Waals surface area contributed by atoms with Crippen molar-refractivity contribution in [2.45, 2.75) is 12.5 Å². The average molecular weight is 268 g/mol. The molecule has 0 radical (unpaired) electrons. The van der Waals surface area contributed by atoms with Gasteiger partial charge in [-0.15, -0.1) is 0 Å². The summed E-state index contributed by atoms with van der Waals surface area (Å²) in [5.41, 5.74) is -0.448. The molecule has 8 nitrogen and oxygen atoms in total. The molecule has 1 atom stereocenters. The molecule has 0 fully saturated rings. The van der Waals surface area contributed by atoms with Crippen molar-refractivity contribution >= 4 is 17.6 Å². The first kappa shape index (κ1) is 14.6. The van der Waals surface area contributed by atoms with E-state index in [2.05, 4.69) is 5.32 Å². The molecule has 1 unspecified atom stereocenters. The van der Waals surface area contributed by atoms with Gasteiger partial charge < -0.3 is 15.5 Å². The Morgan fingerprint density at radius 3 is 2.58 bits per heavy atom. The second-order valence-corrected chi connectivity index (χ2v) is 3.67. The second kappa shape index (κ2) is 6.45. The fourth-order valence-electron chi connectivity index (χ4n) is 1.37. The van der Waals surface area contributed by atoms with E-state index < -0.39 is 22.9 Å². The zero-order valence-corrected chi connectivity index (χ0v) is 9.78. The van der Waals surface area contributed by atoms with E-state index in [9.17, 15) is 19.7 Å². The molecule has 1 aromatic rings. The van der Waals surface area contributed by atoms with Crippen LogP contribution >= 0.6 is 0 Å². The second-order valence-electron chi connectivity index (χ2n) is 3.67. The number of carboxylic acids is 1. The number of nitro groups is 1. The highest BCUT2D eigenvalue weighted by Gasteiger charge is 2.19. The van der Waals surface area contributed by atoms with Crippen LogP contribution in [0.2, 0.25) is 0 Å². The molecule has 0 aliphatic heterocycles. The van der Waals surface area contributed by atoms with Crippen LogP contribution < -0.4 is 5.32 Å². The van der Waals surface area contributed by atoms with E-state index in [0.29, 0.717) is 0 Å². The lowest BCUT2D eigenvalue weighted by molar-refractivity contribution is -0.385. The number of benzene rings is 1. The number of amides is 1. The number of nitro benzene ring substituents is 1. The lowest BCUT2D eigenvalue weighted by Gasteiger charge is -2.07. The molecular weight excluding hydrogens is 256 g/mol. The van der Waals surface area contributed by atoms with Gasteiger partial charge in [0.1, 0.15) is 5.56 Å². The first-order valence-corrected chi connectivity index (χ1v) is 5.36. The number of carboxylic acid groups (broad SMARTS) is 1. The molecule has 3 N–H and O–H groups in total. The minimum Gasteiger partial charge on any atom is -0.479 e. The Balaban J connectivity index is 2.64. The summed E-state index contributed by atoms with van der Waals surface area (Å²) in [6.07, 6.45) is -1.76.